The predicted octanol–water partition coefficient (Wildman–Crippen LogP) is 2.43. The van der Waals surface area contributed by atoms with E-state index in [-0.39, 0.29) is 28.3 Å². The van der Waals surface area contributed by atoms with Crippen LogP contribution in [0.4, 0.5) is 0 Å². The number of Topliss-reactive ketones (excluding diaryl/α,β-unsaturated/α-hetero) is 2. The van der Waals surface area contributed by atoms with Crippen molar-refractivity contribution in [1.29, 1.82) is 0 Å². The highest BCUT2D eigenvalue weighted by molar-refractivity contribution is 6.28. The SMILES string of the molecule is COC(C)/C(=C\C1=C(C)C(=O)c2ccccc2C1=O)C(=O)O. The van der Waals surface area contributed by atoms with E-state index in [1.54, 1.807) is 31.2 Å². The summed E-state index contributed by atoms with van der Waals surface area (Å²) in [6.07, 6.45) is 0.542. The van der Waals surface area contributed by atoms with Gasteiger partial charge in [-0.2, -0.15) is 0 Å². The minimum atomic E-state index is -1.19. The van der Waals surface area contributed by atoms with Crippen LogP contribution < -0.4 is 0 Å². The number of allylic oxidation sites excluding steroid dienone is 3. The molecule has 0 aliphatic heterocycles. The highest BCUT2D eigenvalue weighted by Gasteiger charge is 2.29. The second-order valence-electron chi connectivity index (χ2n) is 5.03. The molecule has 0 saturated heterocycles. The van der Waals surface area contributed by atoms with Gasteiger partial charge in [-0.15, -0.1) is 0 Å². The Bertz CT molecular complexity index is 724. The highest BCUT2D eigenvalue weighted by atomic mass is 16.5. The maximum Gasteiger partial charge on any atom is 0.334 e. The zero-order chi connectivity index (χ0) is 16.4. The molecule has 1 N–H and O–H groups in total. The van der Waals surface area contributed by atoms with Gasteiger partial charge in [0, 0.05) is 29.4 Å². The highest BCUT2D eigenvalue weighted by Crippen LogP contribution is 2.28. The first-order valence-corrected chi connectivity index (χ1v) is 6.75. The standard InChI is InChI=1S/C17H16O5/c1-9-13(8-14(17(20)21)10(2)22-3)16(19)12-7-5-4-6-11(12)15(9)18/h4-8,10H,1-3H3,(H,20,21)/b14-8+. The minimum Gasteiger partial charge on any atom is -0.478 e. The molecule has 0 saturated carbocycles. The second kappa shape index (κ2) is 6.07. The van der Waals surface area contributed by atoms with Gasteiger partial charge in [-0.25, -0.2) is 4.79 Å². The number of carbonyl (C=O) groups is 3. The number of carboxylic acids is 1. The number of rotatable bonds is 4. The monoisotopic (exact) mass is 300 g/mol. The molecular weight excluding hydrogens is 284 g/mol. The molecule has 1 aromatic rings. The van der Waals surface area contributed by atoms with Gasteiger partial charge in [-0.3, -0.25) is 9.59 Å². The molecule has 2 rings (SSSR count). The fraction of sp³-hybridized carbons (Fsp3) is 0.235. The summed E-state index contributed by atoms with van der Waals surface area (Å²) in [5, 5.41) is 9.27. The molecule has 0 amide bonds. The number of carbonyl (C=O) groups excluding carboxylic acids is 2. The maximum atomic E-state index is 12.6. The Labute approximate surface area is 127 Å². The molecular formula is C17H16O5. The Balaban J connectivity index is 2.60. The fourth-order valence-corrected chi connectivity index (χ4v) is 2.33. The number of ether oxygens (including phenoxy) is 1. The molecule has 1 aromatic carbocycles. The van der Waals surface area contributed by atoms with Crippen LogP contribution in [-0.2, 0) is 9.53 Å². The van der Waals surface area contributed by atoms with Gasteiger partial charge in [0.25, 0.3) is 0 Å². The Morgan fingerprint density at radius 2 is 1.73 bits per heavy atom. The number of methoxy groups -OCH3 is 1. The summed E-state index contributed by atoms with van der Waals surface area (Å²) in [4.78, 5) is 36.2. The zero-order valence-corrected chi connectivity index (χ0v) is 12.5. The zero-order valence-electron chi connectivity index (χ0n) is 12.5. The van der Waals surface area contributed by atoms with Crippen LogP contribution in [-0.4, -0.2) is 35.9 Å². The van der Waals surface area contributed by atoms with E-state index in [4.69, 9.17) is 4.74 Å². The van der Waals surface area contributed by atoms with Crippen molar-refractivity contribution in [3.63, 3.8) is 0 Å². The first-order chi connectivity index (χ1) is 10.4. The van der Waals surface area contributed by atoms with Gasteiger partial charge in [0.05, 0.1) is 11.7 Å². The van der Waals surface area contributed by atoms with E-state index in [1.165, 1.54) is 20.1 Å². The number of benzene rings is 1. The molecule has 1 atom stereocenters. The van der Waals surface area contributed by atoms with Crippen LogP contribution in [0.25, 0.3) is 0 Å². The van der Waals surface area contributed by atoms with E-state index in [9.17, 15) is 19.5 Å². The van der Waals surface area contributed by atoms with Crippen LogP contribution in [0.15, 0.2) is 47.1 Å². The average Bonchev–Trinajstić information content (AvgIpc) is 2.52. The van der Waals surface area contributed by atoms with Crippen molar-refractivity contribution in [3.05, 3.63) is 58.2 Å². The van der Waals surface area contributed by atoms with E-state index in [0.29, 0.717) is 11.1 Å². The molecule has 114 valence electrons. The molecule has 1 aliphatic carbocycles. The number of hydrogen-bond acceptors (Lipinski definition) is 4. The third-order valence-corrected chi connectivity index (χ3v) is 3.74. The third-order valence-electron chi connectivity index (χ3n) is 3.74. The van der Waals surface area contributed by atoms with Crippen LogP contribution in [0, 0.1) is 0 Å². The van der Waals surface area contributed by atoms with Crippen LogP contribution >= 0.6 is 0 Å². The normalized spacial score (nSPS) is 16.6. The molecule has 0 fully saturated rings. The van der Waals surface area contributed by atoms with Gasteiger partial charge in [0.2, 0.25) is 0 Å². The van der Waals surface area contributed by atoms with Crippen molar-refractivity contribution in [2.45, 2.75) is 20.0 Å². The minimum absolute atomic E-state index is 0.0719. The molecule has 5 heteroatoms. The smallest absolute Gasteiger partial charge is 0.334 e. The average molecular weight is 300 g/mol. The predicted molar refractivity (Wildman–Crippen MR) is 80.0 cm³/mol. The van der Waals surface area contributed by atoms with Gasteiger partial charge < -0.3 is 9.84 Å². The lowest BCUT2D eigenvalue weighted by Crippen LogP contribution is -2.22. The summed E-state index contributed by atoms with van der Waals surface area (Å²) in [6, 6.07) is 6.52. The molecule has 0 spiro atoms. The van der Waals surface area contributed by atoms with Gasteiger partial charge in [0.1, 0.15) is 0 Å². The topological polar surface area (TPSA) is 80.7 Å². The van der Waals surface area contributed by atoms with E-state index < -0.39 is 12.1 Å². The molecule has 1 aliphatic rings. The van der Waals surface area contributed by atoms with Crippen molar-refractivity contribution in [1.82, 2.24) is 0 Å². The molecule has 22 heavy (non-hydrogen) atoms. The lowest BCUT2D eigenvalue weighted by Gasteiger charge is -2.18. The molecule has 0 aromatic heterocycles. The summed E-state index contributed by atoms with van der Waals surface area (Å²) in [5.41, 5.74) is 0.908. The van der Waals surface area contributed by atoms with Gasteiger partial charge in [0.15, 0.2) is 11.6 Å². The lowest BCUT2D eigenvalue weighted by atomic mass is 9.83. The van der Waals surface area contributed by atoms with Crippen LogP contribution in [0.3, 0.4) is 0 Å². The molecule has 0 heterocycles. The first-order valence-electron chi connectivity index (χ1n) is 6.75. The Morgan fingerprint density at radius 1 is 1.18 bits per heavy atom. The molecule has 0 radical (unpaired) electrons. The number of carboxylic acid groups (broad SMARTS) is 1. The van der Waals surface area contributed by atoms with Gasteiger partial charge in [-0.1, -0.05) is 24.3 Å². The van der Waals surface area contributed by atoms with Crippen molar-refractivity contribution in [2.75, 3.05) is 7.11 Å². The van der Waals surface area contributed by atoms with Crippen molar-refractivity contribution >= 4 is 17.5 Å². The first kappa shape index (κ1) is 15.9. The number of fused-ring (bicyclic) bond motifs is 1. The van der Waals surface area contributed by atoms with Gasteiger partial charge >= 0.3 is 5.97 Å². The summed E-state index contributed by atoms with van der Waals surface area (Å²) in [7, 11) is 1.38. The van der Waals surface area contributed by atoms with E-state index in [0.717, 1.165) is 0 Å². The number of ketones is 2. The lowest BCUT2D eigenvalue weighted by molar-refractivity contribution is -0.133. The van der Waals surface area contributed by atoms with E-state index in [1.807, 2.05) is 0 Å². The molecule has 0 bridgehead atoms. The van der Waals surface area contributed by atoms with Crippen molar-refractivity contribution in [3.8, 4) is 0 Å². The number of aliphatic carboxylic acids is 1. The Kier molecular flexibility index (Phi) is 4.37. The second-order valence-corrected chi connectivity index (χ2v) is 5.03. The molecule has 5 nitrogen and oxygen atoms in total. The van der Waals surface area contributed by atoms with Crippen molar-refractivity contribution in [2.24, 2.45) is 0 Å². The molecule has 1 unspecified atom stereocenters. The Morgan fingerprint density at radius 3 is 2.23 bits per heavy atom. The summed E-state index contributed by atoms with van der Waals surface area (Å²) < 4.78 is 5.01. The van der Waals surface area contributed by atoms with E-state index >= 15 is 0 Å². The summed E-state index contributed by atoms with van der Waals surface area (Å²) >= 11 is 0. The van der Waals surface area contributed by atoms with Crippen LogP contribution in [0.5, 0.6) is 0 Å². The summed E-state index contributed by atoms with van der Waals surface area (Å²) in [6.45, 7) is 3.10. The Hall–Kier alpha value is -2.53. The quantitative estimate of drug-likeness (QED) is 0.864. The fourth-order valence-electron chi connectivity index (χ4n) is 2.33. The van der Waals surface area contributed by atoms with Crippen LogP contribution in [0.2, 0.25) is 0 Å². The summed E-state index contributed by atoms with van der Waals surface area (Å²) in [5.74, 6) is -1.81. The number of hydrogen-bond donors (Lipinski definition) is 1. The van der Waals surface area contributed by atoms with Gasteiger partial charge in [-0.05, 0) is 19.9 Å². The van der Waals surface area contributed by atoms with E-state index in [2.05, 4.69) is 0 Å². The van der Waals surface area contributed by atoms with Crippen LogP contribution in [0.1, 0.15) is 34.6 Å². The largest absolute Gasteiger partial charge is 0.478 e. The third kappa shape index (κ3) is 2.63. The van der Waals surface area contributed by atoms with Crippen molar-refractivity contribution < 1.29 is 24.2 Å². The maximum absolute atomic E-state index is 12.6.